The van der Waals surface area contributed by atoms with Crippen molar-refractivity contribution in [1.29, 1.82) is 0 Å². The van der Waals surface area contributed by atoms with E-state index in [0.717, 1.165) is 24.2 Å². The summed E-state index contributed by atoms with van der Waals surface area (Å²) in [5, 5.41) is 3.25. The van der Waals surface area contributed by atoms with Gasteiger partial charge in [-0.2, -0.15) is 0 Å². The zero-order valence-corrected chi connectivity index (χ0v) is 17.9. The highest BCUT2D eigenvalue weighted by atomic mass is 35.5. The third-order valence-corrected chi connectivity index (χ3v) is 6.16. The maximum absolute atomic E-state index is 13.0. The highest BCUT2D eigenvalue weighted by Crippen LogP contribution is 2.22. The van der Waals surface area contributed by atoms with Gasteiger partial charge in [-0.15, -0.1) is 12.4 Å². The molecule has 0 unspecified atom stereocenters. The van der Waals surface area contributed by atoms with Crippen molar-refractivity contribution < 1.29 is 13.2 Å². The van der Waals surface area contributed by atoms with Crippen LogP contribution < -0.4 is 10.0 Å². The molecule has 0 radical (unpaired) electrons. The summed E-state index contributed by atoms with van der Waals surface area (Å²) in [5.74, 6) is -0.130. The molecule has 1 atom stereocenters. The van der Waals surface area contributed by atoms with E-state index < -0.39 is 10.0 Å². The van der Waals surface area contributed by atoms with E-state index in [9.17, 15) is 13.2 Å². The molecule has 3 rings (SSSR count). The normalized spacial score (nSPS) is 17.0. The second-order valence-corrected chi connectivity index (χ2v) is 8.69. The molecule has 2 aromatic rings. The summed E-state index contributed by atoms with van der Waals surface area (Å²) in [6.45, 7) is 7.79. The number of hydrogen-bond acceptors (Lipinski definition) is 4. The van der Waals surface area contributed by atoms with Crippen molar-refractivity contribution in [3.8, 4) is 0 Å². The van der Waals surface area contributed by atoms with E-state index in [1.165, 1.54) is 12.1 Å². The first kappa shape index (κ1) is 22.2. The maximum atomic E-state index is 13.0. The number of carbonyl (C=O) groups excluding carboxylic acids is 1. The number of anilines is 1. The summed E-state index contributed by atoms with van der Waals surface area (Å²) in [4.78, 5) is 14.9. The van der Waals surface area contributed by atoms with E-state index in [2.05, 4.69) is 10.0 Å². The fraction of sp³-hybridized carbons (Fsp3) is 0.350. The van der Waals surface area contributed by atoms with Gasteiger partial charge in [-0.05, 0) is 56.2 Å². The molecule has 1 amide bonds. The first-order valence-electron chi connectivity index (χ1n) is 9.00. The largest absolute Gasteiger partial charge is 0.333 e. The van der Waals surface area contributed by atoms with Gasteiger partial charge < -0.3 is 10.2 Å². The van der Waals surface area contributed by atoms with E-state index in [1.807, 2.05) is 26.8 Å². The van der Waals surface area contributed by atoms with E-state index in [0.29, 0.717) is 17.8 Å². The highest BCUT2D eigenvalue weighted by molar-refractivity contribution is 7.92. The molecule has 0 bridgehead atoms. The van der Waals surface area contributed by atoms with Crippen molar-refractivity contribution in [2.45, 2.75) is 31.7 Å². The summed E-state index contributed by atoms with van der Waals surface area (Å²) in [7, 11) is -3.78. The standard InChI is InChI=1S/C20H25N3O3S.ClH/c1-14-5-4-6-17(11-14)22-27(25,26)18-8-7-15(2)19(12-18)20(24)23-10-9-21-13-16(23)3;/h4-8,11-12,16,21-22H,9-10,13H2,1-3H3;1H/t16-;/m1./s1. The fourth-order valence-corrected chi connectivity index (χ4v) is 4.29. The minimum absolute atomic E-state index is 0. The molecule has 1 fully saturated rings. The van der Waals surface area contributed by atoms with Crippen molar-refractivity contribution in [3.05, 3.63) is 59.2 Å². The lowest BCUT2D eigenvalue weighted by atomic mass is 10.1. The van der Waals surface area contributed by atoms with Gasteiger partial charge in [0.1, 0.15) is 0 Å². The van der Waals surface area contributed by atoms with Gasteiger partial charge in [0.15, 0.2) is 0 Å². The molecule has 0 saturated carbocycles. The van der Waals surface area contributed by atoms with Crippen LogP contribution in [0.3, 0.4) is 0 Å². The Balaban J connectivity index is 0.00000280. The molecule has 28 heavy (non-hydrogen) atoms. The highest BCUT2D eigenvalue weighted by Gasteiger charge is 2.26. The van der Waals surface area contributed by atoms with Crippen LogP contribution in [0.2, 0.25) is 0 Å². The van der Waals surface area contributed by atoms with Crippen LogP contribution in [0.5, 0.6) is 0 Å². The predicted octanol–water partition coefficient (Wildman–Crippen LogP) is 2.96. The maximum Gasteiger partial charge on any atom is 0.261 e. The van der Waals surface area contributed by atoms with Crippen molar-refractivity contribution in [2.24, 2.45) is 0 Å². The Morgan fingerprint density at radius 2 is 1.93 bits per heavy atom. The molecular weight excluding hydrogens is 398 g/mol. The van der Waals surface area contributed by atoms with E-state index in [4.69, 9.17) is 0 Å². The van der Waals surface area contributed by atoms with Crippen LogP contribution in [-0.2, 0) is 10.0 Å². The van der Waals surface area contributed by atoms with Gasteiger partial charge >= 0.3 is 0 Å². The van der Waals surface area contributed by atoms with Gasteiger partial charge in [0.25, 0.3) is 15.9 Å². The third-order valence-electron chi connectivity index (χ3n) is 4.78. The molecule has 6 nitrogen and oxygen atoms in total. The number of halogens is 1. The molecule has 0 aromatic heterocycles. The van der Waals surface area contributed by atoms with Gasteiger partial charge in [0, 0.05) is 36.9 Å². The zero-order chi connectivity index (χ0) is 19.6. The summed E-state index contributed by atoms with van der Waals surface area (Å²) < 4.78 is 28.2. The molecule has 152 valence electrons. The fourth-order valence-electron chi connectivity index (χ4n) is 3.22. The lowest BCUT2D eigenvalue weighted by Crippen LogP contribution is -2.52. The molecule has 0 spiro atoms. The number of aryl methyl sites for hydroxylation is 2. The van der Waals surface area contributed by atoms with Crippen LogP contribution in [0.1, 0.15) is 28.4 Å². The minimum atomic E-state index is -3.78. The van der Waals surface area contributed by atoms with Crippen LogP contribution in [0.15, 0.2) is 47.4 Å². The van der Waals surface area contributed by atoms with Gasteiger partial charge in [-0.25, -0.2) is 8.42 Å². The van der Waals surface area contributed by atoms with E-state index >= 15 is 0 Å². The third kappa shape index (κ3) is 4.84. The van der Waals surface area contributed by atoms with E-state index in [-0.39, 0.29) is 29.3 Å². The minimum Gasteiger partial charge on any atom is -0.333 e. The van der Waals surface area contributed by atoms with Gasteiger partial charge in [-0.1, -0.05) is 18.2 Å². The Morgan fingerprint density at radius 3 is 2.61 bits per heavy atom. The second kappa shape index (κ2) is 8.94. The number of sulfonamides is 1. The number of piperazine rings is 1. The van der Waals surface area contributed by atoms with Crippen molar-refractivity contribution in [2.75, 3.05) is 24.4 Å². The molecule has 8 heteroatoms. The summed E-state index contributed by atoms with van der Waals surface area (Å²) in [6.07, 6.45) is 0. The Kier molecular flexibility index (Phi) is 7.09. The average Bonchev–Trinajstić information content (AvgIpc) is 2.61. The molecule has 1 aliphatic heterocycles. The molecule has 1 aliphatic rings. The Bertz CT molecular complexity index is 963. The molecule has 1 saturated heterocycles. The number of hydrogen-bond donors (Lipinski definition) is 2. The summed E-state index contributed by atoms with van der Waals surface area (Å²) in [5.41, 5.74) is 2.65. The first-order chi connectivity index (χ1) is 12.8. The van der Waals surface area contributed by atoms with Gasteiger partial charge in [0.05, 0.1) is 4.90 Å². The molecule has 2 aromatic carbocycles. The van der Waals surface area contributed by atoms with Crippen LogP contribution in [0.4, 0.5) is 5.69 Å². The monoisotopic (exact) mass is 423 g/mol. The van der Waals surface area contributed by atoms with Crippen molar-refractivity contribution in [3.63, 3.8) is 0 Å². The molecule has 1 heterocycles. The zero-order valence-electron chi connectivity index (χ0n) is 16.2. The van der Waals surface area contributed by atoms with E-state index in [1.54, 1.807) is 29.2 Å². The number of benzene rings is 2. The topological polar surface area (TPSA) is 78.5 Å². The smallest absolute Gasteiger partial charge is 0.261 e. The van der Waals surface area contributed by atoms with Crippen LogP contribution in [0.25, 0.3) is 0 Å². The quantitative estimate of drug-likeness (QED) is 0.792. The Hall–Kier alpha value is -2.09. The van der Waals surface area contributed by atoms with Crippen LogP contribution >= 0.6 is 12.4 Å². The second-order valence-electron chi connectivity index (χ2n) is 7.00. The average molecular weight is 424 g/mol. The predicted molar refractivity (Wildman–Crippen MR) is 114 cm³/mol. The van der Waals surface area contributed by atoms with Crippen molar-refractivity contribution in [1.82, 2.24) is 10.2 Å². The van der Waals surface area contributed by atoms with Crippen LogP contribution in [0, 0.1) is 13.8 Å². The first-order valence-corrected chi connectivity index (χ1v) is 10.5. The van der Waals surface area contributed by atoms with Gasteiger partial charge in [0.2, 0.25) is 0 Å². The molecule has 0 aliphatic carbocycles. The number of nitrogens with zero attached hydrogens (tertiary/aromatic N) is 1. The number of nitrogens with one attached hydrogen (secondary N) is 2. The number of rotatable bonds is 4. The summed E-state index contributed by atoms with van der Waals surface area (Å²) in [6, 6.07) is 11.9. The number of carbonyl (C=O) groups is 1. The lowest BCUT2D eigenvalue weighted by Gasteiger charge is -2.34. The van der Waals surface area contributed by atoms with Crippen molar-refractivity contribution >= 4 is 34.0 Å². The Labute approximate surface area is 172 Å². The molecule has 2 N–H and O–H groups in total. The summed E-state index contributed by atoms with van der Waals surface area (Å²) >= 11 is 0. The Morgan fingerprint density at radius 1 is 1.18 bits per heavy atom. The van der Waals surface area contributed by atoms with Gasteiger partial charge in [-0.3, -0.25) is 9.52 Å². The lowest BCUT2D eigenvalue weighted by molar-refractivity contribution is 0.0654. The SMILES string of the molecule is Cc1cccc(NS(=O)(=O)c2ccc(C)c(C(=O)N3CCNC[C@H]3C)c2)c1.Cl. The van der Waals surface area contributed by atoms with Crippen LogP contribution in [-0.4, -0.2) is 44.9 Å². The molecular formula is C20H26ClN3O3S. The number of amides is 1.